The minimum atomic E-state index is -3.08. The molecule has 3 N–H and O–H groups in total. The lowest BCUT2D eigenvalue weighted by molar-refractivity contribution is -0.112. The number of dihydropyridines is 1. The molecule has 10 nitrogen and oxygen atoms in total. The van der Waals surface area contributed by atoms with E-state index >= 15 is 8.78 Å². The van der Waals surface area contributed by atoms with E-state index in [4.69, 9.17) is 4.74 Å². The molecule has 4 heterocycles. The van der Waals surface area contributed by atoms with Crippen molar-refractivity contribution in [2.24, 2.45) is 0 Å². The summed E-state index contributed by atoms with van der Waals surface area (Å²) < 4.78 is 65.3. The molecule has 1 amide bonds. The van der Waals surface area contributed by atoms with Crippen LogP contribution in [-0.4, -0.2) is 96.6 Å². The quantitative estimate of drug-likeness (QED) is 0.429. The fourth-order valence-corrected chi connectivity index (χ4v) is 5.59. The van der Waals surface area contributed by atoms with Gasteiger partial charge in [-0.2, -0.15) is 0 Å². The minimum Gasteiger partial charge on any atom is -0.372 e. The molecule has 3 aliphatic heterocycles. The number of nitrogens with zero attached hydrogens (tertiary/aromatic N) is 5. The number of carbonyl (C=O) groups excluding carboxylic acids is 1. The van der Waals surface area contributed by atoms with Crippen molar-refractivity contribution in [3.8, 4) is 11.1 Å². The highest BCUT2D eigenvalue weighted by atomic mass is 19.3. The van der Waals surface area contributed by atoms with E-state index in [0.29, 0.717) is 38.7 Å². The zero-order valence-electron chi connectivity index (χ0n) is 24.3. The Labute approximate surface area is 247 Å². The number of piperazine rings is 1. The van der Waals surface area contributed by atoms with E-state index in [-0.39, 0.29) is 35.2 Å². The first-order valence-corrected chi connectivity index (χ1v) is 14.1. The van der Waals surface area contributed by atoms with E-state index in [2.05, 4.69) is 25.5 Å². The average molecular weight is 606 g/mol. The van der Waals surface area contributed by atoms with E-state index in [0.717, 1.165) is 18.3 Å². The van der Waals surface area contributed by atoms with Crippen LogP contribution in [0.25, 0.3) is 11.1 Å². The Morgan fingerprint density at radius 1 is 1.09 bits per heavy atom. The highest BCUT2D eigenvalue weighted by Crippen LogP contribution is 2.39. The van der Waals surface area contributed by atoms with Crippen molar-refractivity contribution in [1.29, 1.82) is 0 Å². The number of anilines is 3. The molecule has 0 bridgehead atoms. The lowest BCUT2D eigenvalue weighted by atomic mass is 10.0. The molecule has 232 valence electrons. The van der Waals surface area contributed by atoms with Gasteiger partial charge in [0.15, 0.2) is 5.82 Å². The number of carbonyl (C=O) groups is 1. The number of nitrogens with one attached hydrogen (secondary N) is 2. The predicted octanol–water partition coefficient (Wildman–Crippen LogP) is 3.11. The van der Waals surface area contributed by atoms with Gasteiger partial charge in [0.25, 0.3) is 12.3 Å². The largest absolute Gasteiger partial charge is 0.372 e. The van der Waals surface area contributed by atoms with Gasteiger partial charge < -0.3 is 35.2 Å². The van der Waals surface area contributed by atoms with Gasteiger partial charge in [0.1, 0.15) is 17.7 Å². The first-order chi connectivity index (χ1) is 20.4. The number of amides is 1. The summed E-state index contributed by atoms with van der Waals surface area (Å²) in [4.78, 5) is 27.8. The summed E-state index contributed by atoms with van der Waals surface area (Å²) in [6.45, 7) is 8.35. The number of ether oxygens (including phenoxy) is 1. The molecule has 0 spiro atoms. The minimum absolute atomic E-state index is 0.0368. The van der Waals surface area contributed by atoms with Gasteiger partial charge >= 0.3 is 0 Å². The Hall–Kier alpha value is -3.75. The molecular weight excluding hydrogens is 570 g/mol. The fraction of sp³-hybridized carbons (Fsp3) is 0.483. The monoisotopic (exact) mass is 605 g/mol. The molecule has 0 radical (unpaired) electrons. The van der Waals surface area contributed by atoms with Crippen LogP contribution in [0.2, 0.25) is 0 Å². The molecule has 14 heteroatoms. The number of benzene rings is 1. The van der Waals surface area contributed by atoms with Gasteiger partial charge in [0.05, 0.1) is 29.0 Å². The molecule has 0 saturated carbocycles. The van der Waals surface area contributed by atoms with Crippen LogP contribution in [0.3, 0.4) is 0 Å². The first-order valence-electron chi connectivity index (χ1n) is 14.1. The number of hydrogen-bond donors (Lipinski definition) is 3. The number of rotatable bonds is 6. The van der Waals surface area contributed by atoms with E-state index in [1.165, 1.54) is 12.4 Å². The molecule has 2 fully saturated rings. The molecule has 43 heavy (non-hydrogen) atoms. The summed E-state index contributed by atoms with van der Waals surface area (Å²) in [5, 5.41) is 14.5. The number of aliphatic hydroxyl groups is 1. The Kier molecular flexibility index (Phi) is 8.90. The third kappa shape index (κ3) is 6.45. The lowest BCUT2D eigenvalue weighted by Gasteiger charge is -2.40. The van der Waals surface area contributed by atoms with Crippen LogP contribution in [0.15, 0.2) is 41.9 Å². The fourth-order valence-electron chi connectivity index (χ4n) is 5.59. The van der Waals surface area contributed by atoms with Crippen LogP contribution in [-0.2, 0) is 9.53 Å². The van der Waals surface area contributed by atoms with Crippen molar-refractivity contribution in [3.05, 3.63) is 53.5 Å². The molecule has 4 atom stereocenters. The van der Waals surface area contributed by atoms with Crippen molar-refractivity contribution in [1.82, 2.24) is 20.2 Å². The number of morpholine rings is 1. The second-order valence-electron chi connectivity index (χ2n) is 11.2. The molecular formula is C29H35F4N7O3. The molecule has 1 aromatic carbocycles. The van der Waals surface area contributed by atoms with Crippen LogP contribution in [0, 0.1) is 11.6 Å². The summed E-state index contributed by atoms with van der Waals surface area (Å²) in [5.41, 5.74) is -1.91. The predicted molar refractivity (Wildman–Crippen MR) is 154 cm³/mol. The van der Waals surface area contributed by atoms with Crippen molar-refractivity contribution < 1.29 is 32.2 Å². The number of halogens is 4. The topological polar surface area (TPSA) is 106 Å². The Morgan fingerprint density at radius 3 is 2.40 bits per heavy atom. The molecule has 2 saturated heterocycles. The van der Waals surface area contributed by atoms with Gasteiger partial charge in [-0.05, 0) is 33.9 Å². The second kappa shape index (κ2) is 12.5. The average Bonchev–Trinajstić information content (AvgIpc) is 2.95. The third-order valence-electron chi connectivity index (χ3n) is 7.89. The van der Waals surface area contributed by atoms with Crippen molar-refractivity contribution in [2.45, 2.75) is 51.7 Å². The lowest BCUT2D eigenvalue weighted by Crippen LogP contribution is -2.50. The van der Waals surface area contributed by atoms with Crippen molar-refractivity contribution in [2.75, 3.05) is 54.9 Å². The van der Waals surface area contributed by atoms with Gasteiger partial charge in [-0.1, -0.05) is 0 Å². The molecule has 5 rings (SSSR count). The standard InChI is InChI=1S/C29H35F4N7O3/c1-15-12-39(6-5-38(15)4)22-8-21(30)24(18-9-35-29(36-10-18)40-13-16(2)43-17(3)14-40)25(31)26(22)37-28(42)20-11-34-23(41)7-19(20)27(32)33/h7-11,15-17,23,27,34,41H,5-6,12-14H2,1-4H3,(H,37,42)/t15-,16+,17+,23?/m0/s1. The second-order valence-corrected chi connectivity index (χ2v) is 11.2. The van der Waals surface area contributed by atoms with E-state index in [9.17, 15) is 18.7 Å². The molecule has 2 aromatic rings. The Balaban J connectivity index is 1.53. The summed E-state index contributed by atoms with van der Waals surface area (Å²) >= 11 is 0. The smallest absolute Gasteiger partial charge is 0.264 e. The van der Waals surface area contributed by atoms with Gasteiger partial charge in [-0.3, -0.25) is 4.79 Å². The summed E-state index contributed by atoms with van der Waals surface area (Å²) in [6.07, 6.45) is -0.204. The Bertz CT molecular complexity index is 1410. The summed E-state index contributed by atoms with van der Waals surface area (Å²) in [7, 11) is 1.94. The van der Waals surface area contributed by atoms with Crippen molar-refractivity contribution >= 4 is 23.2 Å². The molecule has 3 aliphatic rings. The van der Waals surface area contributed by atoms with Gasteiger partial charge in [-0.25, -0.2) is 27.5 Å². The number of aliphatic hydroxyl groups excluding tert-OH is 1. The van der Waals surface area contributed by atoms with Crippen molar-refractivity contribution in [3.63, 3.8) is 0 Å². The molecule has 1 aromatic heterocycles. The van der Waals surface area contributed by atoms with Crippen LogP contribution < -0.4 is 20.4 Å². The number of likely N-dealkylation sites (N-methyl/N-ethyl adjacent to an activating group) is 1. The van der Waals surface area contributed by atoms with E-state index in [1.807, 2.05) is 32.7 Å². The normalized spacial score (nSPS) is 24.9. The van der Waals surface area contributed by atoms with Gasteiger partial charge in [0.2, 0.25) is 5.95 Å². The van der Waals surface area contributed by atoms with Crippen LogP contribution in [0.4, 0.5) is 34.9 Å². The third-order valence-corrected chi connectivity index (χ3v) is 7.89. The maximum atomic E-state index is 16.4. The maximum Gasteiger partial charge on any atom is 0.264 e. The zero-order valence-corrected chi connectivity index (χ0v) is 24.3. The molecule has 0 aliphatic carbocycles. The summed E-state index contributed by atoms with van der Waals surface area (Å²) in [6, 6.07) is 1.17. The van der Waals surface area contributed by atoms with Gasteiger partial charge in [0, 0.05) is 74.6 Å². The maximum absolute atomic E-state index is 16.4. The highest BCUT2D eigenvalue weighted by molar-refractivity contribution is 6.09. The number of alkyl halides is 2. The van der Waals surface area contributed by atoms with Crippen LogP contribution in [0.5, 0.6) is 0 Å². The number of aromatic nitrogens is 2. The van der Waals surface area contributed by atoms with E-state index < -0.39 is 46.9 Å². The van der Waals surface area contributed by atoms with Gasteiger partial charge in [-0.15, -0.1) is 0 Å². The highest BCUT2D eigenvalue weighted by Gasteiger charge is 2.32. The number of hydrogen-bond acceptors (Lipinski definition) is 9. The SMILES string of the molecule is C[C@@H]1CN(c2ncc(-c3c(F)cc(N4CCN(C)[C@@H](C)C4)c(NC(=O)C4=CNC(O)C=C4C(F)F)c3F)cn2)C[C@@H](C)O1. The zero-order chi connectivity index (χ0) is 31.0. The van der Waals surface area contributed by atoms with Crippen LogP contribution >= 0.6 is 0 Å². The van der Waals surface area contributed by atoms with E-state index in [1.54, 1.807) is 4.90 Å². The Morgan fingerprint density at radius 2 is 1.77 bits per heavy atom. The first kappa shape index (κ1) is 30.7. The molecule has 1 unspecified atom stereocenters. The van der Waals surface area contributed by atoms with Crippen LogP contribution in [0.1, 0.15) is 20.8 Å². The summed E-state index contributed by atoms with van der Waals surface area (Å²) in [5.74, 6) is -2.65.